The fourth-order valence-corrected chi connectivity index (χ4v) is 3.95. The van der Waals surface area contributed by atoms with Crippen LogP contribution in [0.5, 0.6) is 0 Å². The molecule has 3 aromatic rings. The summed E-state index contributed by atoms with van der Waals surface area (Å²) in [5, 5.41) is 0. The van der Waals surface area contributed by atoms with E-state index in [0.717, 1.165) is 24.0 Å². The minimum Gasteiger partial charge on any atom is -0.440 e. The molecule has 0 unspecified atom stereocenters. The van der Waals surface area contributed by atoms with E-state index in [2.05, 4.69) is 4.98 Å². The summed E-state index contributed by atoms with van der Waals surface area (Å²) in [5.74, 6) is 1.41. The number of carbonyl (C=O) groups excluding carboxylic acids is 2. The summed E-state index contributed by atoms with van der Waals surface area (Å²) < 4.78 is 6.04. The second kappa shape index (κ2) is 8.02. The molecule has 2 aromatic carbocycles. The molecule has 2 fully saturated rings. The van der Waals surface area contributed by atoms with Gasteiger partial charge in [-0.05, 0) is 44.0 Å². The SMILES string of the molecule is Cc1ccc(C(=O)N2CCN(C(=O)c3nc(-c4ccccc4)oc3C3CC3)CC2)cc1. The van der Waals surface area contributed by atoms with E-state index in [1.54, 1.807) is 4.90 Å². The number of amides is 2. The predicted molar refractivity (Wildman–Crippen MR) is 117 cm³/mol. The van der Waals surface area contributed by atoms with Crippen LogP contribution in [-0.4, -0.2) is 52.8 Å². The zero-order valence-corrected chi connectivity index (χ0v) is 17.6. The molecule has 1 aliphatic heterocycles. The highest BCUT2D eigenvalue weighted by Gasteiger charge is 2.36. The number of hydrogen-bond donors (Lipinski definition) is 0. The molecule has 0 bridgehead atoms. The molecule has 0 atom stereocenters. The first-order valence-corrected chi connectivity index (χ1v) is 10.8. The normalized spacial score (nSPS) is 16.4. The van der Waals surface area contributed by atoms with E-state index >= 15 is 0 Å². The van der Waals surface area contributed by atoms with Crippen molar-refractivity contribution in [3.05, 3.63) is 77.2 Å². The van der Waals surface area contributed by atoms with Gasteiger partial charge in [0, 0.05) is 43.2 Å². The molecule has 2 amide bonds. The van der Waals surface area contributed by atoms with Gasteiger partial charge in [-0.2, -0.15) is 0 Å². The van der Waals surface area contributed by atoms with Gasteiger partial charge < -0.3 is 14.2 Å². The smallest absolute Gasteiger partial charge is 0.276 e. The average molecular weight is 415 g/mol. The molecule has 0 radical (unpaired) electrons. The second-order valence-corrected chi connectivity index (χ2v) is 8.32. The molecule has 1 saturated carbocycles. The van der Waals surface area contributed by atoms with Crippen molar-refractivity contribution in [2.45, 2.75) is 25.7 Å². The van der Waals surface area contributed by atoms with Crippen molar-refractivity contribution in [3.63, 3.8) is 0 Å². The molecular weight excluding hydrogens is 390 g/mol. The Morgan fingerprint density at radius 1 is 0.871 bits per heavy atom. The lowest BCUT2D eigenvalue weighted by Gasteiger charge is -2.34. The van der Waals surface area contributed by atoms with Gasteiger partial charge in [-0.15, -0.1) is 0 Å². The third kappa shape index (κ3) is 3.98. The Balaban J connectivity index is 1.30. The number of oxazole rings is 1. The number of benzene rings is 2. The highest BCUT2D eigenvalue weighted by atomic mass is 16.4. The predicted octanol–water partition coefficient (Wildman–Crippen LogP) is 4.13. The van der Waals surface area contributed by atoms with Gasteiger partial charge in [-0.25, -0.2) is 4.98 Å². The van der Waals surface area contributed by atoms with E-state index in [-0.39, 0.29) is 17.7 Å². The fourth-order valence-electron chi connectivity index (χ4n) is 3.95. The maximum absolute atomic E-state index is 13.3. The van der Waals surface area contributed by atoms with Crippen molar-refractivity contribution >= 4 is 11.8 Å². The van der Waals surface area contributed by atoms with Crippen LogP contribution in [0, 0.1) is 6.92 Å². The molecule has 6 heteroatoms. The zero-order valence-electron chi connectivity index (χ0n) is 17.6. The number of nitrogens with zero attached hydrogens (tertiary/aromatic N) is 3. The summed E-state index contributed by atoms with van der Waals surface area (Å²) in [4.78, 5) is 34.2. The van der Waals surface area contributed by atoms with Gasteiger partial charge in [-0.1, -0.05) is 35.9 Å². The first kappa shape index (κ1) is 19.5. The molecule has 2 heterocycles. The molecule has 1 aliphatic carbocycles. The largest absolute Gasteiger partial charge is 0.440 e. The van der Waals surface area contributed by atoms with Crippen molar-refractivity contribution in [1.29, 1.82) is 0 Å². The van der Waals surface area contributed by atoms with E-state index in [1.807, 2.05) is 66.4 Å². The zero-order chi connectivity index (χ0) is 21.4. The number of aryl methyl sites for hydroxylation is 1. The first-order chi connectivity index (χ1) is 15.1. The maximum Gasteiger partial charge on any atom is 0.276 e. The Hall–Kier alpha value is -3.41. The molecule has 1 saturated heterocycles. The highest BCUT2D eigenvalue weighted by Crippen LogP contribution is 2.43. The van der Waals surface area contributed by atoms with Gasteiger partial charge in [0.2, 0.25) is 5.89 Å². The number of aromatic nitrogens is 1. The van der Waals surface area contributed by atoms with Crippen molar-refractivity contribution in [1.82, 2.24) is 14.8 Å². The van der Waals surface area contributed by atoms with E-state index in [1.165, 1.54) is 0 Å². The van der Waals surface area contributed by atoms with E-state index in [0.29, 0.717) is 49.1 Å². The minimum atomic E-state index is -0.102. The van der Waals surface area contributed by atoms with E-state index < -0.39 is 0 Å². The van der Waals surface area contributed by atoms with Crippen LogP contribution in [0.25, 0.3) is 11.5 Å². The minimum absolute atomic E-state index is 0.0126. The lowest BCUT2D eigenvalue weighted by atomic mass is 10.1. The van der Waals surface area contributed by atoms with Crippen LogP contribution < -0.4 is 0 Å². The summed E-state index contributed by atoms with van der Waals surface area (Å²) in [5.41, 5.74) is 3.11. The molecule has 0 spiro atoms. The standard InChI is InChI=1S/C25H25N3O3/c1-17-7-9-20(10-8-17)24(29)27-13-15-28(16-14-27)25(30)21-22(18-11-12-18)31-23(26-21)19-5-3-2-4-6-19/h2-10,18H,11-16H2,1H3. The second-order valence-electron chi connectivity index (χ2n) is 8.32. The van der Waals surface area contributed by atoms with E-state index in [9.17, 15) is 9.59 Å². The highest BCUT2D eigenvalue weighted by molar-refractivity contribution is 5.96. The van der Waals surface area contributed by atoms with Gasteiger partial charge in [0.25, 0.3) is 11.8 Å². The molecule has 2 aliphatic rings. The Morgan fingerprint density at radius 3 is 2.10 bits per heavy atom. The van der Waals surface area contributed by atoms with Crippen LogP contribution >= 0.6 is 0 Å². The molecule has 5 rings (SSSR count). The van der Waals surface area contributed by atoms with Crippen LogP contribution in [0.1, 0.15) is 50.9 Å². The molecular formula is C25H25N3O3. The van der Waals surface area contributed by atoms with Crippen LogP contribution in [0.15, 0.2) is 59.0 Å². The van der Waals surface area contributed by atoms with Crippen molar-refractivity contribution in [2.75, 3.05) is 26.2 Å². The average Bonchev–Trinajstić information content (AvgIpc) is 3.57. The van der Waals surface area contributed by atoms with E-state index in [4.69, 9.17) is 4.42 Å². The molecule has 158 valence electrons. The van der Waals surface area contributed by atoms with Crippen molar-refractivity contribution in [2.24, 2.45) is 0 Å². The van der Waals surface area contributed by atoms with Crippen molar-refractivity contribution in [3.8, 4) is 11.5 Å². The molecule has 6 nitrogen and oxygen atoms in total. The van der Waals surface area contributed by atoms with Crippen LogP contribution in [0.2, 0.25) is 0 Å². The summed E-state index contributed by atoms with van der Waals surface area (Å²) in [6, 6.07) is 17.3. The van der Waals surface area contributed by atoms with Crippen LogP contribution in [-0.2, 0) is 0 Å². The summed E-state index contributed by atoms with van der Waals surface area (Å²) in [6.45, 7) is 4.02. The molecule has 31 heavy (non-hydrogen) atoms. The molecule has 0 N–H and O–H groups in total. The van der Waals surface area contributed by atoms with Gasteiger partial charge in [0.1, 0.15) is 5.76 Å². The number of rotatable bonds is 4. The monoisotopic (exact) mass is 415 g/mol. The Labute approximate surface area is 181 Å². The third-order valence-electron chi connectivity index (χ3n) is 5.98. The topological polar surface area (TPSA) is 66.7 Å². The lowest BCUT2D eigenvalue weighted by Crippen LogP contribution is -2.50. The van der Waals surface area contributed by atoms with Gasteiger partial charge >= 0.3 is 0 Å². The third-order valence-corrected chi connectivity index (χ3v) is 5.98. The Morgan fingerprint density at radius 2 is 1.48 bits per heavy atom. The number of hydrogen-bond acceptors (Lipinski definition) is 4. The fraction of sp³-hybridized carbons (Fsp3) is 0.320. The summed E-state index contributed by atoms with van der Waals surface area (Å²) in [6.07, 6.45) is 2.06. The van der Waals surface area contributed by atoms with Crippen LogP contribution in [0.4, 0.5) is 0 Å². The lowest BCUT2D eigenvalue weighted by molar-refractivity contribution is 0.0531. The summed E-state index contributed by atoms with van der Waals surface area (Å²) in [7, 11) is 0. The summed E-state index contributed by atoms with van der Waals surface area (Å²) >= 11 is 0. The van der Waals surface area contributed by atoms with Gasteiger partial charge in [0.05, 0.1) is 0 Å². The quantitative estimate of drug-likeness (QED) is 0.643. The van der Waals surface area contributed by atoms with Gasteiger partial charge in [0.15, 0.2) is 5.69 Å². The van der Waals surface area contributed by atoms with Crippen molar-refractivity contribution < 1.29 is 14.0 Å². The number of piperazine rings is 1. The molecule has 1 aromatic heterocycles. The first-order valence-electron chi connectivity index (χ1n) is 10.8. The number of carbonyl (C=O) groups is 2. The maximum atomic E-state index is 13.3. The Kier molecular flexibility index (Phi) is 5.06. The van der Waals surface area contributed by atoms with Crippen LogP contribution in [0.3, 0.4) is 0 Å². The Bertz CT molecular complexity index is 1090. The van der Waals surface area contributed by atoms with Gasteiger partial charge in [-0.3, -0.25) is 9.59 Å².